The van der Waals surface area contributed by atoms with Gasteiger partial charge in [0, 0.05) is 20.6 Å². The van der Waals surface area contributed by atoms with E-state index in [0.717, 1.165) is 16.0 Å². The highest BCUT2D eigenvalue weighted by atomic mass is 19.4. The van der Waals surface area contributed by atoms with E-state index in [1.807, 2.05) is 25.1 Å². The number of aryl methyl sites for hydroxylation is 1. The van der Waals surface area contributed by atoms with Crippen molar-refractivity contribution in [3.8, 4) is 0 Å². The highest BCUT2D eigenvalue weighted by molar-refractivity contribution is 5.76. The summed E-state index contributed by atoms with van der Waals surface area (Å²) in [5.41, 5.74) is -2.35. The van der Waals surface area contributed by atoms with E-state index in [1.165, 1.54) is 23.8 Å². The molecule has 41 heavy (non-hydrogen) atoms. The Kier molecular flexibility index (Phi) is 8.95. The van der Waals surface area contributed by atoms with Crippen LogP contribution in [0.1, 0.15) is 74.0 Å². The third-order valence-corrected chi connectivity index (χ3v) is 7.27. The number of hydrogen-bond acceptors (Lipinski definition) is 3. The minimum Gasteiger partial charge on any atom is -0.444 e. The van der Waals surface area contributed by atoms with Gasteiger partial charge in [0.05, 0.1) is 29.3 Å². The van der Waals surface area contributed by atoms with Crippen LogP contribution in [-0.2, 0) is 17.1 Å². The number of urea groups is 1. The molecule has 1 heterocycles. The Labute approximate surface area is 235 Å². The molecule has 2 aromatic carbocycles. The van der Waals surface area contributed by atoms with Crippen LogP contribution in [0.2, 0.25) is 0 Å². The first kappa shape index (κ1) is 32.1. The molecular formula is C29H35F6N3O3. The molecule has 0 N–H and O–H groups in total. The highest BCUT2D eigenvalue weighted by Gasteiger charge is 2.45. The molecule has 12 heteroatoms. The molecule has 0 aromatic heterocycles. The zero-order chi connectivity index (χ0) is 31.1. The second-order valence-corrected chi connectivity index (χ2v) is 11.4. The standard InChI is InChI=1S/C29H35F6N3O3/c1-17-10-8-9-11-22(17)24-23(37(7)26(40)41-27(3,4)5)12-13-38(24)25(39)36(6)18(2)19-14-20(28(30,31)32)16-21(15-19)29(33,34)35/h8-11,14-16,18,23-24H,12-13H2,1-7H3. The lowest BCUT2D eigenvalue weighted by atomic mass is 9.95. The fraction of sp³-hybridized carbons (Fsp3) is 0.517. The monoisotopic (exact) mass is 587 g/mol. The predicted octanol–water partition coefficient (Wildman–Crippen LogP) is 7.83. The van der Waals surface area contributed by atoms with Gasteiger partial charge in [-0.2, -0.15) is 26.3 Å². The topological polar surface area (TPSA) is 53.1 Å². The molecule has 0 radical (unpaired) electrons. The molecule has 1 aliphatic heterocycles. The van der Waals surface area contributed by atoms with Crippen molar-refractivity contribution in [2.24, 2.45) is 0 Å². The number of halogens is 6. The smallest absolute Gasteiger partial charge is 0.416 e. The summed E-state index contributed by atoms with van der Waals surface area (Å²) < 4.78 is 86.4. The maximum Gasteiger partial charge on any atom is 0.416 e. The molecule has 6 nitrogen and oxygen atoms in total. The average Bonchev–Trinajstić information content (AvgIpc) is 3.29. The maximum absolute atomic E-state index is 13.9. The third-order valence-electron chi connectivity index (χ3n) is 7.27. The summed E-state index contributed by atoms with van der Waals surface area (Å²) >= 11 is 0. The van der Waals surface area contributed by atoms with Crippen LogP contribution >= 0.6 is 0 Å². The number of likely N-dealkylation sites (tertiary alicyclic amines) is 1. The summed E-state index contributed by atoms with van der Waals surface area (Å²) in [4.78, 5) is 30.9. The molecule has 0 spiro atoms. The van der Waals surface area contributed by atoms with Gasteiger partial charge in [0.1, 0.15) is 5.60 Å². The molecule has 2 aromatic rings. The van der Waals surface area contributed by atoms with Crippen molar-refractivity contribution >= 4 is 12.1 Å². The minimum absolute atomic E-state index is 0.0593. The lowest BCUT2D eigenvalue weighted by Gasteiger charge is -2.37. The van der Waals surface area contributed by atoms with Crippen LogP contribution in [0, 0.1) is 6.92 Å². The molecule has 3 rings (SSSR count). The van der Waals surface area contributed by atoms with E-state index >= 15 is 0 Å². The van der Waals surface area contributed by atoms with Crippen molar-refractivity contribution in [1.82, 2.24) is 14.7 Å². The van der Waals surface area contributed by atoms with Crippen LogP contribution in [0.15, 0.2) is 42.5 Å². The molecule has 3 amide bonds. The quantitative estimate of drug-likeness (QED) is 0.343. The van der Waals surface area contributed by atoms with Crippen LogP contribution in [0.5, 0.6) is 0 Å². The zero-order valence-corrected chi connectivity index (χ0v) is 24.0. The maximum atomic E-state index is 13.9. The second-order valence-electron chi connectivity index (χ2n) is 11.4. The van der Waals surface area contributed by atoms with E-state index < -0.39 is 59.3 Å². The number of nitrogens with zero attached hydrogens (tertiary/aromatic N) is 3. The average molecular weight is 588 g/mol. The fourth-order valence-electron chi connectivity index (χ4n) is 4.97. The first-order valence-electron chi connectivity index (χ1n) is 13.1. The number of carbonyl (C=O) groups excluding carboxylic acids is 2. The van der Waals surface area contributed by atoms with Gasteiger partial charge >= 0.3 is 24.5 Å². The normalized spacial score (nSPS) is 18.7. The summed E-state index contributed by atoms with van der Waals surface area (Å²) in [6.07, 6.45) is -10.2. The molecule has 3 atom stereocenters. The predicted molar refractivity (Wildman–Crippen MR) is 141 cm³/mol. The van der Waals surface area contributed by atoms with Crippen LogP contribution < -0.4 is 0 Å². The minimum atomic E-state index is -5.01. The van der Waals surface area contributed by atoms with E-state index in [1.54, 1.807) is 33.9 Å². The van der Waals surface area contributed by atoms with E-state index in [4.69, 9.17) is 4.74 Å². The first-order chi connectivity index (χ1) is 18.7. The molecule has 0 aliphatic carbocycles. The molecule has 3 unspecified atom stereocenters. The van der Waals surface area contributed by atoms with Gasteiger partial charge in [-0.3, -0.25) is 0 Å². The van der Waals surface area contributed by atoms with Gasteiger partial charge < -0.3 is 19.4 Å². The van der Waals surface area contributed by atoms with Crippen molar-refractivity contribution < 1.29 is 40.7 Å². The van der Waals surface area contributed by atoms with Gasteiger partial charge in [-0.15, -0.1) is 0 Å². The number of likely N-dealkylation sites (N-methyl/N-ethyl adjacent to an activating group) is 1. The van der Waals surface area contributed by atoms with Gasteiger partial charge in [-0.05, 0) is 75.9 Å². The van der Waals surface area contributed by atoms with Crippen LogP contribution in [0.25, 0.3) is 0 Å². The van der Waals surface area contributed by atoms with Gasteiger partial charge in [-0.1, -0.05) is 24.3 Å². The van der Waals surface area contributed by atoms with Crippen LogP contribution in [0.4, 0.5) is 35.9 Å². The number of ether oxygens (including phenoxy) is 1. The Balaban J connectivity index is 1.99. The Morgan fingerprint density at radius 2 is 1.49 bits per heavy atom. The molecular weight excluding hydrogens is 552 g/mol. The summed E-state index contributed by atoms with van der Waals surface area (Å²) in [5, 5.41) is 0. The molecule has 0 bridgehead atoms. The number of benzene rings is 2. The largest absolute Gasteiger partial charge is 0.444 e. The van der Waals surface area contributed by atoms with Gasteiger partial charge in [0.15, 0.2) is 0 Å². The summed E-state index contributed by atoms with van der Waals surface area (Å²) in [6.45, 7) is 8.62. The van der Waals surface area contributed by atoms with Gasteiger partial charge in [-0.25, -0.2) is 9.59 Å². The molecule has 1 fully saturated rings. The molecule has 0 saturated carbocycles. The van der Waals surface area contributed by atoms with Gasteiger partial charge in [0.2, 0.25) is 0 Å². The number of alkyl halides is 6. The van der Waals surface area contributed by atoms with Crippen molar-refractivity contribution in [3.63, 3.8) is 0 Å². The van der Waals surface area contributed by atoms with Crippen LogP contribution in [0.3, 0.4) is 0 Å². The summed E-state index contributed by atoms with van der Waals surface area (Å²) in [6, 6.07) is 5.76. The molecule has 226 valence electrons. The Hall–Kier alpha value is -3.44. The van der Waals surface area contributed by atoms with E-state index in [0.29, 0.717) is 18.6 Å². The number of amides is 3. The van der Waals surface area contributed by atoms with Crippen molar-refractivity contribution in [2.45, 2.75) is 77.1 Å². The zero-order valence-electron chi connectivity index (χ0n) is 24.0. The summed E-state index contributed by atoms with van der Waals surface area (Å²) in [5.74, 6) is 0. The third kappa shape index (κ3) is 7.26. The van der Waals surface area contributed by atoms with Crippen LogP contribution in [-0.4, -0.2) is 59.1 Å². The van der Waals surface area contributed by atoms with Gasteiger partial charge in [0.25, 0.3) is 0 Å². The first-order valence-corrected chi connectivity index (χ1v) is 13.1. The molecule has 1 saturated heterocycles. The van der Waals surface area contributed by atoms with Crippen molar-refractivity contribution in [3.05, 3.63) is 70.3 Å². The van der Waals surface area contributed by atoms with E-state index in [9.17, 15) is 35.9 Å². The Bertz CT molecular complexity index is 1240. The lowest BCUT2D eigenvalue weighted by molar-refractivity contribution is -0.143. The SMILES string of the molecule is Cc1ccccc1C1C(N(C)C(=O)OC(C)(C)C)CCN1C(=O)N(C)C(C)c1cc(C(F)(F)F)cc(C(F)(F)F)c1. The van der Waals surface area contributed by atoms with Crippen molar-refractivity contribution in [2.75, 3.05) is 20.6 Å². The van der Waals surface area contributed by atoms with E-state index in [-0.39, 0.29) is 18.2 Å². The number of hydrogen-bond donors (Lipinski definition) is 0. The second kappa shape index (κ2) is 11.4. The fourth-order valence-corrected chi connectivity index (χ4v) is 4.97. The molecule has 1 aliphatic rings. The lowest BCUT2D eigenvalue weighted by Crippen LogP contribution is -2.47. The highest BCUT2D eigenvalue weighted by Crippen LogP contribution is 2.41. The van der Waals surface area contributed by atoms with Crippen molar-refractivity contribution in [1.29, 1.82) is 0 Å². The van der Waals surface area contributed by atoms with E-state index in [2.05, 4.69) is 0 Å². The number of carbonyl (C=O) groups is 2. The summed E-state index contributed by atoms with van der Waals surface area (Å²) in [7, 11) is 2.91. The Morgan fingerprint density at radius 3 is 1.98 bits per heavy atom. The number of rotatable bonds is 4. The Morgan fingerprint density at radius 1 is 0.951 bits per heavy atom.